The summed E-state index contributed by atoms with van der Waals surface area (Å²) in [5, 5.41) is 0.796. The van der Waals surface area contributed by atoms with Crippen LogP contribution >= 0.6 is 11.6 Å². The van der Waals surface area contributed by atoms with Gasteiger partial charge in [-0.05, 0) is 38.1 Å². The molecule has 98 valence electrons. The first-order valence-corrected chi connectivity index (χ1v) is 6.63. The van der Waals surface area contributed by atoms with Crippen LogP contribution in [0, 0.1) is 5.92 Å². The number of esters is 1. The molecule has 0 spiro atoms. The Morgan fingerprint density at radius 3 is 2.89 bits per heavy atom. The number of halogens is 1. The lowest BCUT2D eigenvalue weighted by Gasteiger charge is -2.18. The van der Waals surface area contributed by atoms with E-state index in [1.165, 1.54) is 0 Å². The molecular formula is C14H18ClNO2. The van der Waals surface area contributed by atoms with Crippen molar-refractivity contribution in [3.8, 4) is 0 Å². The molecule has 0 saturated carbocycles. The Hall–Kier alpha value is -1.06. The lowest BCUT2D eigenvalue weighted by atomic mass is 10.0. The molecule has 0 N–H and O–H groups in total. The van der Waals surface area contributed by atoms with Gasteiger partial charge in [0.05, 0.1) is 12.5 Å². The van der Waals surface area contributed by atoms with E-state index in [0.29, 0.717) is 6.61 Å². The van der Waals surface area contributed by atoms with E-state index in [9.17, 15) is 4.79 Å². The van der Waals surface area contributed by atoms with Crippen LogP contribution in [0.25, 0.3) is 0 Å². The van der Waals surface area contributed by atoms with Gasteiger partial charge in [0.2, 0.25) is 0 Å². The fraction of sp³-hybridized carbons (Fsp3) is 0.500. The van der Waals surface area contributed by atoms with Crippen LogP contribution in [0.3, 0.4) is 0 Å². The Morgan fingerprint density at radius 1 is 1.44 bits per heavy atom. The molecule has 1 saturated heterocycles. The van der Waals surface area contributed by atoms with Crippen molar-refractivity contribution in [2.45, 2.75) is 19.4 Å². The summed E-state index contributed by atoms with van der Waals surface area (Å²) in [7, 11) is 2.05. The van der Waals surface area contributed by atoms with Gasteiger partial charge in [-0.1, -0.05) is 29.8 Å². The molecule has 1 aromatic carbocycles. The summed E-state index contributed by atoms with van der Waals surface area (Å²) in [6.07, 6.45) is 1.72. The fourth-order valence-electron chi connectivity index (χ4n) is 2.17. The van der Waals surface area contributed by atoms with Crippen molar-refractivity contribution in [1.29, 1.82) is 0 Å². The zero-order valence-corrected chi connectivity index (χ0v) is 11.3. The summed E-state index contributed by atoms with van der Waals surface area (Å²) in [4.78, 5) is 13.5. The summed E-state index contributed by atoms with van der Waals surface area (Å²) in [6, 6.07) is 7.85. The van der Waals surface area contributed by atoms with Crippen LogP contribution in [-0.2, 0) is 16.1 Å². The molecule has 2 rings (SSSR count). The van der Waals surface area contributed by atoms with Gasteiger partial charge in [-0.25, -0.2) is 0 Å². The van der Waals surface area contributed by atoms with Gasteiger partial charge >= 0.3 is 5.97 Å². The summed E-state index contributed by atoms with van der Waals surface area (Å²) in [5.74, 6) is 0.0415. The highest BCUT2D eigenvalue weighted by Gasteiger charge is 2.26. The Kier molecular flexibility index (Phi) is 4.61. The SMILES string of the molecule is CN(CC[C@H]1CCOC1=O)Cc1ccccc1Cl. The molecule has 0 aromatic heterocycles. The monoisotopic (exact) mass is 267 g/mol. The molecule has 1 atom stereocenters. The van der Waals surface area contributed by atoms with Gasteiger partial charge in [0, 0.05) is 11.6 Å². The number of hydrogen-bond donors (Lipinski definition) is 0. The van der Waals surface area contributed by atoms with Crippen LogP contribution in [0.2, 0.25) is 5.02 Å². The molecule has 1 aliphatic heterocycles. The first-order chi connectivity index (χ1) is 8.66. The molecule has 0 aliphatic carbocycles. The van der Waals surface area contributed by atoms with Crippen molar-refractivity contribution < 1.29 is 9.53 Å². The summed E-state index contributed by atoms with van der Waals surface area (Å²) in [5.41, 5.74) is 1.12. The largest absolute Gasteiger partial charge is 0.465 e. The number of carbonyl (C=O) groups is 1. The fourth-order valence-corrected chi connectivity index (χ4v) is 2.37. The van der Waals surface area contributed by atoms with Gasteiger partial charge in [0.15, 0.2) is 0 Å². The molecule has 0 unspecified atom stereocenters. The predicted octanol–water partition coefficient (Wildman–Crippen LogP) is 2.73. The maximum absolute atomic E-state index is 11.3. The second-order valence-corrected chi connectivity index (χ2v) is 5.18. The van der Waals surface area contributed by atoms with Crippen LogP contribution in [0.1, 0.15) is 18.4 Å². The number of hydrogen-bond acceptors (Lipinski definition) is 3. The minimum Gasteiger partial charge on any atom is -0.465 e. The summed E-state index contributed by atoms with van der Waals surface area (Å²) >= 11 is 6.12. The van der Waals surface area contributed by atoms with Crippen LogP contribution in [0.15, 0.2) is 24.3 Å². The topological polar surface area (TPSA) is 29.5 Å². The number of ether oxygens (including phenoxy) is 1. The lowest BCUT2D eigenvalue weighted by Crippen LogP contribution is -2.22. The highest BCUT2D eigenvalue weighted by atomic mass is 35.5. The first kappa shape index (κ1) is 13.4. The highest BCUT2D eigenvalue weighted by molar-refractivity contribution is 6.31. The molecular weight excluding hydrogens is 250 g/mol. The van der Waals surface area contributed by atoms with Gasteiger partial charge in [0.25, 0.3) is 0 Å². The van der Waals surface area contributed by atoms with E-state index in [2.05, 4.69) is 4.90 Å². The molecule has 3 nitrogen and oxygen atoms in total. The van der Waals surface area contributed by atoms with Gasteiger partial charge < -0.3 is 9.64 Å². The van der Waals surface area contributed by atoms with Crippen LogP contribution in [-0.4, -0.2) is 31.1 Å². The van der Waals surface area contributed by atoms with Crippen LogP contribution in [0.5, 0.6) is 0 Å². The van der Waals surface area contributed by atoms with E-state index in [1.54, 1.807) is 0 Å². The predicted molar refractivity (Wildman–Crippen MR) is 71.5 cm³/mol. The van der Waals surface area contributed by atoms with E-state index >= 15 is 0 Å². The minimum absolute atomic E-state index is 0.0406. The van der Waals surface area contributed by atoms with Gasteiger partial charge in [-0.3, -0.25) is 4.79 Å². The van der Waals surface area contributed by atoms with E-state index in [0.717, 1.165) is 36.5 Å². The molecule has 1 heterocycles. The van der Waals surface area contributed by atoms with E-state index in [-0.39, 0.29) is 11.9 Å². The van der Waals surface area contributed by atoms with Crippen molar-refractivity contribution in [2.75, 3.05) is 20.2 Å². The lowest BCUT2D eigenvalue weighted by molar-refractivity contribution is -0.141. The Balaban J connectivity index is 1.80. The van der Waals surface area contributed by atoms with E-state index in [4.69, 9.17) is 16.3 Å². The third-order valence-electron chi connectivity index (χ3n) is 3.30. The smallest absolute Gasteiger partial charge is 0.309 e. The second kappa shape index (κ2) is 6.21. The normalized spacial score (nSPS) is 19.3. The first-order valence-electron chi connectivity index (χ1n) is 6.25. The molecule has 18 heavy (non-hydrogen) atoms. The van der Waals surface area contributed by atoms with Crippen molar-refractivity contribution >= 4 is 17.6 Å². The average Bonchev–Trinajstić information content (AvgIpc) is 2.75. The number of benzene rings is 1. The number of nitrogens with zero attached hydrogens (tertiary/aromatic N) is 1. The van der Waals surface area contributed by atoms with E-state index < -0.39 is 0 Å². The number of cyclic esters (lactones) is 1. The second-order valence-electron chi connectivity index (χ2n) is 4.77. The minimum atomic E-state index is -0.0406. The van der Waals surface area contributed by atoms with Gasteiger partial charge in [-0.15, -0.1) is 0 Å². The maximum atomic E-state index is 11.3. The molecule has 1 fully saturated rings. The van der Waals surface area contributed by atoms with Crippen LogP contribution < -0.4 is 0 Å². The van der Waals surface area contributed by atoms with E-state index in [1.807, 2.05) is 31.3 Å². The quantitative estimate of drug-likeness (QED) is 0.769. The van der Waals surface area contributed by atoms with Crippen molar-refractivity contribution in [3.05, 3.63) is 34.9 Å². The Bertz CT molecular complexity index is 422. The van der Waals surface area contributed by atoms with Gasteiger partial charge in [-0.2, -0.15) is 0 Å². The standard InChI is InChI=1S/C14H18ClNO2/c1-16(8-6-11-7-9-18-14(11)17)10-12-4-2-3-5-13(12)15/h2-5,11H,6-10H2,1H3/t11-/m0/s1. The third kappa shape index (κ3) is 3.47. The Morgan fingerprint density at radius 2 is 2.22 bits per heavy atom. The van der Waals surface area contributed by atoms with Crippen molar-refractivity contribution in [3.63, 3.8) is 0 Å². The molecule has 1 aromatic rings. The Labute approximate surface area is 113 Å². The summed E-state index contributed by atoms with van der Waals surface area (Å²) < 4.78 is 4.96. The average molecular weight is 268 g/mol. The third-order valence-corrected chi connectivity index (χ3v) is 3.67. The maximum Gasteiger partial charge on any atom is 0.309 e. The number of carbonyl (C=O) groups excluding carboxylic acids is 1. The highest BCUT2D eigenvalue weighted by Crippen LogP contribution is 2.20. The van der Waals surface area contributed by atoms with Crippen LogP contribution in [0.4, 0.5) is 0 Å². The zero-order chi connectivity index (χ0) is 13.0. The zero-order valence-electron chi connectivity index (χ0n) is 10.6. The molecule has 4 heteroatoms. The van der Waals surface area contributed by atoms with Crippen molar-refractivity contribution in [1.82, 2.24) is 4.90 Å². The summed E-state index contributed by atoms with van der Waals surface area (Å²) in [6.45, 7) is 2.27. The molecule has 0 amide bonds. The van der Waals surface area contributed by atoms with Gasteiger partial charge in [0.1, 0.15) is 0 Å². The molecule has 0 bridgehead atoms. The number of rotatable bonds is 5. The molecule has 0 radical (unpaired) electrons. The van der Waals surface area contributed by atoms with Crippen molar-refractivity contribution in [2.24, 2.45) is 5.92 Å². The molecule has 1 aliphatic rings.